The smallest absolute Gasteiger partial charge is 0.468 e. The van der Waals surface area contributed by atoms with Crippen LogP contribution in [0.15, 0.2) is 159 Å². The summed E-state index contributed by atoms with van der Waals surface area (Å²) in [5, 5.41) is 20.7. The first kappa shape index (κ1) is 78.1. The fourth-order valence-corrected chi connectivity index (χ4v) is 15.0. The molecule has 3 saturated heterocycles. The lowest BCUT2D eigenvalue weighted by Gasteiger charge is -2.32. The van der Waals surface area contributed by atoms with E-state index in [1.807, 2.05) is 124 Å². The van der Waals surface area contributed by atoms with Crippen LogP contribution in [-0.2, 0) is 67.5 Å². The van der Waals surface area contributed by atoms with Crippen LogP contribution in [0.1, 0.15) is 120 Å². The molecule has 570 valence electrons. The Balaban J connectivity index is 0.000000157. The van der Waals surface area contributed by atoms with E-state index in [1.165, 1.54) is 37.5 Å². The molecule has 20 nitrogen and oxygen atoms in total. The van der Waals surface area contributed by atoms with Crippen molar-refractivity contribution < 1.29 is 74.5 Å². The number of pyridine rings is 4. The number of aliphatic hydroxyl groups excluding tert-OH is 2. The van der Waals surface area contributed by atoms with Gasteiger partial charge in [-0.1, -0.05) is 70.5 Å². The molecule has 0 bridgehead atoms. The topological polar surface area (TPSA) is 240 Å². The number of halogens is 5. The second kappa shape index (κ2) is 33.3. The molecule has 3 aliphatic heterocycles. The first-order chi connectivity index (χ1) is 52.8. The quantitative estimate of drug-likeness (QED) is 0.0409. The molecule has 0 aliphatic carbocycles. The Hall–Kier alpha value is -10.1. The van der Waals surface area contributed by atoms with Crippen molar-refractivity contribution in [1.29, 1.82) is 0 Å². The van der Waals surface area contributed by atoms with Gasteiger partial charge in [-0.2, -0.15) is 17.6 Å². The number of fused-ring (bicyclic) bond motifs is 4. The monoisotopic (exact) mass is 1560 g/mol. The zero-order valence-electron chi connectivity index (χ0n) is 62.7. The lowest BCUT2D eigenvalue weighted by molar-refractivity contribution is -0.146. The van der Waals surface area contributed by atoms with Gasteiger partial charge in [0.25, 0.3) is 0 Å². The molecule has 2 atom stereocenters. The zero-order valence-corrected chi connectivity index (χ0v) is 64.3. The predicted octanol–water partition coefficient (Wildman–Crippen LogP) is 16.2. The van der Waals surface area contributed by atoms with Crippen molar-refractivity contribution in [2.45, 2.75) is 157 Å². The Morgan fingerprint density at radius 2 is 0.991 bits per heavy atom. The van der Waals surface area contributed by atoms with Gasteiger partial charge < -0.3 is 47.3 Å². The third kappa shape index (κ3) is 16.7. The standard InChI is InChI=1S/C39H36F2N4O5.C28H33BF2N2O6.C17H15BrN2O/c1-22-25(16-32-36-26(12-13-42-32)15-24(21-46)19-43-36)7-4-8-28(22)29-9-5-10-30(23(29)2)37-44-31-17-27(34(50-39(40)41)18-35(31)49-37)20-45-14-6-11-33(45)38(47)48-3;1-16-18(9-7-10-19(16)29-38-27(2,3)28(4,5)39-29)24-32-20-13-17(22(37-26(30)31)14-23(20)36-24)15-33-12-8-11-21(33)25(34)35-6;1-11-13(3-2-4-15(11)18)8-16-17-14(5-6-19-16)7-12(10-21)9-20-17/h4-5,7-10,12-13,15,17-19,33,39,46H,6,11,14,16,20-21H2,1-3H3;7,9-10,13-14,21,26H,8,11-12,15H2,1-6H3;2-7,9,21H,8,10H2,1H3/t33-;21-;/m00./s1. The number of nitrogens with zero attached hydrogens (tertiary/aromatic N) is 8. The minimum atomic E-state index is -3.03. The van der Waals surface area contributed by atoms with Crippen molar-refractivity contribution in [2.24, 2.45) is 0 Å². The van der Waals surface area contributed by atoms with Crippen LogP contribution in [0.2, 0.25) is 0 Å². The summed E-state index contributed by atoms with van der Waals surface area (Å²) in [6.07, 6.45) is 11.2. The van der Waals surface area contributed by atoms with Gasteiger partial charge in [0.05, 0.1) is 61.1 Å². The number of aliphatic hydroxyl groups is 2. The Kier molecular flexibility index (Phi) is 23.6. The van der Waals surface area contributed by atoms with E-state index in [0.717, 1.165) is 118 Å². The van der Waals surface area contributed by atoms with E-state index >= 15 is 0 Å². The Bertz CT molecular complexity index is 5400. The highest BCUT2D eigenvalue weighted by atomic mass is 79.9. The summed E-state index contributed by atoms with van der Waals surface area (Å²) < 4.78 is 99.2. The van der Waals surface area contributed by atoms with Crippen LogP contribution in [0.5, 0.6) is 11.5 Å². The van der Waals surface area contributed by atoms with Gasteiger partial charge in [0.1, 0.15) is 34.6 Å². The Morgan fingerprint density at radius 3 is 1.46 bits per heavy atom. The molecule has 6 aromatic heterocycles. The Morgan fingerprint density at radius 1 is 0.555 bits per heavy atom. The van der Waals surface area contributed by atoms with E-state index in [9.17, 15) is 37.4 Å². The number of likely N-dealkylation sites (tertiary alicyclic amines) is 2. The van der Waals surface area contributed by atoms with Gasteiger partial charge in [0.2, 0.25) is 11.8 Å². The van der Waals surface area contributed by atoms with E-state index < -0.39 is 43.6 Å². The fourth-order valence-electron chi connectivity index (χ4n) is 14.6. The van der Waals surface area contributed by atoms with Crippen molar-refractivity contribution >= 4 is 84.5 Å². The molecule has 12 aromatic rings. The highest BCUT2D eigenvalue weighted by Crippen LogP contribution is 2.41. The number of esters is 2. The first-order valence-corrected chi connectivity index (χ1v) is 37.1. The molecular weight excluding hydrogens is 1480 g/mol. The number of hydrogen-bond donors (Lipinski definition) is 2. The van der Waals surface area contributed by atoms with Gasteiger partial charge in [-0.3, -0.25) is 39.3 Å². The third-order valence-corrected chi connectivity index (χ3v) is 22.2. The number of alkyl halides is 4. The van der Waals surface area contributed by atoms with Crippen molar-refractivity contribution in [3.8, 4) is 45.5 Å². The van der Waals surface area contributed by atoms with E-state index in [1.54, 1.807) is 36.9 Å². The van der Waals surface area contributed by atoms with Gasteiger partial charge in [-0.05, 0) is 210 Å². The number of aromatic nitrogens is 6. The summed E-state index contributed by atoms with van der Waals surface area (Å²) in [7, 11) is 2.13. The number of methoxy groups -OCH3 is 2. The molecular formula is C84H84BBrF4N8O12. The highest BCUT2D eigenvalue weighted by molar-refractivity contribution is 9.10. The van der Waals surface area contributed by atoms with E-state index in [0.29, 0.717) is 77.5 Å². The van der Waals surface area contributed by atoms with Crippen molar-refractivity contribution in [2.75, 3.05) is 27.3 Å². The number of oxazole rings is 2. The van der Waals surface area contributed by atoms with Crippen LogP contribution in [0, 0.1) is 27.7 Å². The van der Waals surface area contributed by atoms with Gasteiger partial charge >= 0.3 is 32.3 Å². The lowest BCUT2D eigenvalue weighted by atomic mass is 9.75. The number of benzene rings is 6. The molecule has 6 aromatic carbocycles. The second-order valence-electron chi connectivity index (χ2n) is 28.7. The normalized spacial score (nSPS) is 16.3. The van der Waals surface area contributed by atoms with Gasteiger partial charge in [0, 0.05) is 100 Å². The summed E-state index contributed by atoms with van der Waals surface area (Å²) >= 11 is 3.56. The summed E-state index contributed by atoms with van der Waals surface area (Å²) in [6, 6.07) is 37.1. The van der Waals surface area contributed by atoms with Crippen LogP contribution < -0.4 is 14.9 Å². The number of rotatable bonds is 20. The largest absolute Gasteiger partial charge is 0.495 e. The van der Waals surface area contributed by atoms with Gasteiger partial charge in [0.15, 0.2) is 11.2 Å². The molecule has 3 aliphatic rings. The molecule has 9 heterocycles. The first-order valence-electron chi connectivity index (χ1n) is 36.3. The lowest BCUT2D eigenvalue weighted by Crippen LogP contribution is -2.41. The van der Waals surface area contributed by atoms with Crippen LogP contribution in [0.3, 0.4) is 0 Å². The molecule has 0 radical (unpaired) electrons. The molecule has 2 N–H and O–H groups in total. The van der Waals surface area contributed by atoms with Crippen LogP contribution in [0.4, 0.5) is 17.6 Å². The number of hydrogen-bond acceptors (Lipinski definition) is 20. The second-order valence-corrected chi connectivity index (χ2v) is 29.5. The van der Waals surface area contributed by atoms with Crippen LogP contribution in [0.25, 0.3) is 78.0 Å². The maximum atomic E-state index is 13.5. The summed E-state index contributed by atoms with van der Waals surface area (Å²) in [5.74, 6) is -0.0260. The number of carbonyl (C=O) groups is 2. The fraction of sp³-hybridized carbons (Fsp3) is 0.333. The van der Waals surface area contributed by atoms with E-state index in [-0.39, 0.29) is 49.7 Å². The number of carbonyl (C=O) groups excluding carboxylic acids is 2. The SMILES string of the molecule is COC(=O)[C@@H]1CCCN1Cc1cc2nc(-c3cccc(-c4cccc(Cc5nccc6cc(CO)cnc56)c4C)c3C)oc2cc1OC(F)F.COC(=O)[C@@H]1CCCN1Cc1cc2nc(-c3cccc(B4OC(C)(C)C(C)(C)O4)c3C)oc2cc1OC(F)F.Cc1c(Br)cccc1Cc1nccc2cc(CO)cnc12. The van der Waals surface area contributed by atoms with Crippen molar-refractivity contribution in [1.82, 2.24) is 39.7 Å². The Labute approximate surface area is 642 Å². The molecule has 26 heteroatoms. The van der Waals surface area contributed by atoms with Crippen molar-refractivity contribution in [3.05, 3.63) is 218 Å². The molecule has 15 rings (SSSR count). The molecule has 0 saturated carbocycles. The zero-order chi connectivity index (χ0) is 77.9. The average molecular weight is 1560 g/mol. The summed E-state index contributed by atoms with van der Waals surface area (Å²) in [6.45, 7) is 11.7. The van der Waals surface area contributed by atoms with Crippen LogP contribution >= 0.6 is 15.9 Å². The van der Waals surface area contributed by atoms with Gasteiger partial charge in [-0.15, -0.1) is 0 Å². The van der Waals surface area contributed by atoms with E-state index in [4.69, 9.17) is 47.1 Å². The van der Waals surface area contributed by atoms with E-state index in [2.05, 4.69) is 74.0 Å². The molecule has 0 unspecified atom stereocenters. The minimum Gasteiger partial charge on any atom is -0.468 e. The maximum Gasteiger partial charge on any atom is 0.495 e. The summed E-state index contributed by atoms with van der Waals surface area (Å²) in [5.41, 5.74) is 17.6. The summed E-state index contributed by atoms with van der Waals surface area (Å²) in [4.78, 5) is 56.1. The molecule has 0 amide bonds. The number of ether oxygens (including phenoxy) is 4. The molecule has 110 heavy (non-hydrogen) atoms. The predicted molar refractivity (Wildman–Crippen MR) is 414 cm³/mol. The van der Waals surface area contributed by atoms with Gasteiger partial charge in [-0.25, -0.2) is 9.97 Å². The molecule has 3 fully saturated rings. The third-order valence-electron chi connectivity index (χ3n) is 21.3. The molecule has 0 spiro atoms. The average Bonchev–Trinajstić information content (AvgIpc) is 1.60. The minimum absolute atomic E-state index is 0.00529. The highest BCUT2D eigenvalue weighted by Gasteiger charge is 2.52. The van der Waals surface area contributed by atoms with Crippen molar-refractivity contribution in [3.63, 3.8) is 0 Å². The van der Waals surface area contributed by atoms with Crippen LogP contribution in [-0.4, -0.2) is 133 Å². The maximum absolute atomic E-state index is 13.5.